The summed E-state index contributed by atoms with van der Waals surface area (Å²) in [6.07, 6.45) is 0.738. The molecule has 21 heavy (non-hydrogen) atoms. The third-order valence-corrected chi connectivity index (χ3v) is 3.48. The molecule has 0 radical (unpaired) electrons. The van der Waals surface area contributed by atoms with Crippen molar-refractivity contribution in [3.05, 3.63) is 41.7 Å². The fourth-order valence-electron chi connectivity index (χ4n) is 2.55. The Hall–Kier alpha value is -0.810. The Morgan fingerprint density at radius 2 is 2.00 bits per heavy atom. The third-order valence-electron chi connectivity index (χ3n) is 3.48. The number of rotatable bonds is 4. The molecule has 1 saturated heterocycles. The van der Waals surface area contributed by atoms with Crippen LogP contribution in [0.1, 0.15) is 24.9 Å². The van der Waals surface area contributed by atoms with Gasteiger partial charge < -0.3 is 10.4 Å². The second-order valence-electron chi connectivity index (χ2n) is 5.17. The lowest BCUT2D eigenvalue weighted by Crippen LogP contribution is -2.45. The Bertz CT molecular complexity index is 465. The van der Waals surface area contributed by atoms with E-state index < -0.39 is 0 Å². The van der Waals surface area contributed by atoms with Crippen LogP contribution in [0.3, 0.4) is 0 Å². The van der Waals surface area contributed by atoms with Gasteiger partial charge in [-0.05, 0) is 19.4 Å². The predicted octanol–water partition coefficient (Wildman–Crippen LogP) is 3.29. The van der Waals surface area contributed by atoms with Gasteiger partial charge in [-0.25, -0.2) is 4.39 Å². The summed E-state index contributed by atoms with van der Waals surface area (Å²) in [4.78, 5) is 2.28. The molecule has 1 heterocycles. The average molecular weight is 337 g/mol. The van der Waals surface area contributed by atoms with Crippen molar-refractivity contribution in [3.63, 3.8) is 0 Å². The highest BCUT2D eigenvalue weighted by Gasteiger charge is 2.24. The van der Waals surface area contributed by atoms with E-state index in [0.717, 1.165) is 38.2 Å². The Labute approximate surface area is 138 Å². The molecule has 1 aliphatic heterocycles. The molecular formula is C15H23Cl2FN2O. The quantitative estimate of drug-likeness (QED) is 0.828. The van der Waals surface area contributed by atoms with Gasteiger partial charge in [0.05, 0.1) is 0 Å². The monoisotopic (exact) mass is 336 g/mol. The number of phenols is 1. The zero-order chi connectivity index (χ0) is 13.8. The molecule has 2 N–H and O–H groups in total. The van der Waals surface area contributed by atoms with E-state index >= 15 is 0 Å². The molecule has 0 saturated carbocycles. The van der Waals surface area contributed by atoms with Crippen LogP contribution in [-0.4, -0.2) is 36.2 Å². The van der Waals surface area contributed by atoms with Crippen molar-refractivity contribution >= 4 is 24.8 Å². The van der Waals surface area contributed by atoms with Gasteiger partial charge in [-0.1, -0.05) is 11.6 Å². The number of halogens is 3. The average Bonchev–Trinajstić information content (AvgIpc) is 2.37. The molecule has 1 aliphatic rings. The summed E-state index contributed by atoms with van der Waals surface area (Å²) in [5.74, 6) is -0.375. The van der Waals surface area contributed by atoms with Gasteiger partial charge in [-0.3, -0.25) is 4.90 Å². The maximum atomic E-state index is 14.1. The minimum atomic E-state index is -0.343. The van der Waals surface area contributed by atoms with Gasteiger partial charge in [0.15, 0.2) is 0 Å². The van der Waals surface area contributed by atoms with Gasteiger partial charge in [-0.2, -0.15) is 0 Å². The van der Waals surface area contributed by atoms with Crippen LogP contribution in [-0.2, 0) is 0 Å². The number of phenolic OH excluding ortho intramolecular Hbond substituents is 1. The number of benzene rings is 1. The molecule has 1 fully saturated rings. The Morgan fingerprint density at radius 3 is 2.52 bits per heavy atom. The summed E-state index contributed by atoms with van der Waals surface area (Å²) >= 11 is 0. The third kappa shape index (κ3) is 5.47. The summed E-state index contributed by atoms with van der Waals surface area (Å²) in [6, 6.07) is 4.41. The largest absolute Gasteiger partial charge is 0.508 e. The van der Waals surface area contributed by atoms with Crippen LogP contribution in [0, 0.1) is 5.82 Å². The number of hydrogen-bond acceptors (Lipinski definition) is 3. The SMILES string of the molecule is C=C(C)C[C@@H](c1ccc(O)cc1F)N1CCNCC1.Cl.Cl. The molecule has 1 atom stereocenters. The summed E-state index contributed by atoms with van der Waals surface area (Å²) in [5.41, 5.74) is 1.68. The molecule has 2 rings (SSSR count). The number of piperazine rings is 1. The number of aromatic hydroxyl groups is 1. The maximum absolute atomic E-state index is 14.1. The normalized spacial score (nSPS) is 16.5. The van der Waals surface area contributed by atoms with E-state index in [1.54, 1.807) is 12.1 Å². The van der Waals surface area contributed by atoms with Crippen molar-refractivity contribution in [3.8, 4) is 5.75 Å². The fraction of sp³-hybridized carbons (Fsp3) is 0.467. The molecule has 0 aromatic heterocycles. The first-order valence-corrected chi connectivity index (χ1v) is 6.65. The molecule has 0 aliphatic carbocycles. The minimum absolute atomic E-state index is 0. The number of hydrogen-bond donors (Lipinski definition) is 2. The van der Waals surface area contributed by atoms with Crippen LogP contribution in [0.25, 0.3) is 0 Å². The second-order valence-corrected chi connectivity index (χ2v) is 5.17. The van der Waals surface area contributed by atoms with E-state index in [9.17, 15) is 9.50 Å². The van der Waals surface area contributed by atoms with E-state index in [1.807, 2.05) is 6.92 Å². The molecule has 1 aromatic carbocycles. The molecule has 0 spiro atoms. The molecule has 0 bridgehead atoms. The first-order valence-electron chi connectivity index (χ1n) is 6.65. The molecule has 0 amide bonds. The summed E-state index contributed by atoms with van der Waals surface area (Å²) < 4.78 is 14.1. The van der Waals surface area contributed by atoms with Crippen molar-refractivity contribution in [2.75, 3.05) is 26.2 Å². The van der Waals surface area contributed by atoms with Crippen molar-refractivity contribution in [2.45, 2.75) is 19.4 Å². The van der Waals surface area contributed by atoms with Gasteiger partial charge >= 0.3 is 0 Å². The Kier molecular flexibility index (Phi) is 8.90. The standard InChI is InChI=1S/C15H21FN2O.2ClH/c1-11(2)9-15(18-7-5-17-6-8-18)13-4-3-12(19)10-14(13)16;;/h3-4,10,15,17,19H,1,5-9H2,2H3;2*1H/t15-;;/m0../s1. The lowest BCUT2D eigenvalue weighted by Gasteiger charge is -2.35. The van der Waals surface area contributed by atoms with Gasteiger partial charge in [0, 0.05) is 43.9 Å². The van der Waals surface area contributed by atoms with Crippen LogP contribution < -0.4 is 5.32 Å². The molecule has 1 aromatic rings. The minimum Gasteiger partial charge on any atom is -0.508 e. The van der Waals surface area contributed by atoms with Crippen LogP contribution in [0.15, 0.2) is 30.4 Å². The van der Waals surface area contributed by atoms with Crippen LogP contribution in [0.2, 0.25) is 0 Å². The van der Waals surface area contributed by atoms with Crippen molar-refractivity contribution in [1.29, 1.82) is 0 Å². The smallest absolute Gasteiger partial charge is 0.131 e. The van der Waals surface area contributed by atoms with Crippen LogP contribution >= 0.6 is 24.8 Å². The van der Waals surface area contributed by atoms with Gasteiger partial charge in [0.1, 0.15) is 11.6 Å². The van der Waals surface area contributed by atoms with E-state index in [4.69, 9.17) is 0 Å². The van der Waals surface area contributed by atoms with Crippen molar-refractivity contribution in [1.82, 2.24) is 10.2 Å². The fourth-order valence-corrected chi connectivity index (χ4v) is 2.55. The van der Waals surface area contributed by atoms with Crippen LogP contribution in [0.5, 0.6) is 5.75 Å². The topological polar surface area (TPSA) is 35.5 Å². The highest BCUT2D eigenvalue weighted by atomic mass is 35.5. The van der Waals surface area contributed by atoms with E-state index in [2.05, 4.69) is 16.8 Å². The molecule has 0 unspecified atom stereocenters. The van der Waals surface area contributed by atoms with E-state index in [0.29, 0.717) is 5.56 Å². The second kappa shape index (κ2) is 9.26. The first-order chi connectivity index (χ1) is 9.08. The van der Waals surface area contributed by atoms with Crippen molar-refractivity contribution < 1.29 is 9.50 Å². The molecule has 3 nitrogen and oxygen atoms in total. The zero-order valence-corrected chi connectivity index (χ0v) is 13.8. The van der Waals surface area contributed by atoms with Gasteiger partial charge in [-0.15, -0.1) is 31.4 Å². The van der Waals surface area contributed by atoms with Gasteiger partial charge in [0.2, 0.25) is 0 Å². The summed E-state index contributed by atoms with van der Waals surface area (Å²) in [6.45, 7) is 9.56. The maximum Gasteiger partial charge on any atom is 0.131 e. The first kappa shape index (κ1) is 20.2. The van der Waals surface area contributed by atoms with E-state index in [1.165, 1.54) is 6.07 Å². The van der Waals surface area contributed by atoms with Gasteiger partial charge in [0.25, 0.3) is 0 Å². The molecular weight excluding hydrogens is 314 g/mol. The Balaban J connectivity index is 0.00000200. The predicted molar refractivity (Wildman–Crippen MR) is 89.2 cm³/mol. The summed E-state index contributed by atoms with van der Waals surface area (Å²) in [5, 5.41) is 12.6. The lowest BCUT2D eigenvalue weighted by molar-refractivity contribution is 0.169. The zero-order valence-electron chi connectivity index (χ0n) is 12.1. The van der Waals surface area contributed by atoms with Crippen molar-refractivity contribution in [2.24, 2.45) is 0 Å². The highest BCUT2D eigenvalue weighted by Crippen LogP contribution is 2.30. The lowest BCUT2D eigenvalue weighted by atomic mass is 9.97. The number of nitrogens with one attached hydrogen (secondary N) is 1. The Morgan fingerprint density at radius 1 is 1.38 bits per heavy atom. The van der Waals surface area contributed by atoms with E-state index in [-0.39, 0.29) is 42.4 Å². The van der Waals surface area contributed by atoms with Crippen LogP contribution in [0.4, 0.5) is 4.39 Å². The molecule has 120 valence electrons. The molecule has 6 heteroatoms. The summed E-state index contributed by atoms with van der Waals surface area (Å²) in [7, 11) is 0. The highest BCUT2D eigenvalue weighted by molar-refractivity contribution is 5.85. The number of nitrogens with zero attached hydrogens (tertiary/aromatic N) is 1.